The fraction of sp³-hybridized carbons (Fsp3) is 0.467. The van der Waals surface area contributed by atoms with E-state index in [0.717, 1.165) is 37.6 Å². The van der Waals surface area contributed by atoms with Crippen LogP contribution in [0.15, 0.2) is 30.7 Å². The monoisotopic (exact) mass is 290 g/mol. The lowest BCUT2D eigenvalue weighted by molar-refractivity contribution is 0.681. The highest BCUT2D eigenvalue weighted by molar-refractivity contribution is 7.15. The Morgan fingerprint density at radius 2 is 2.10 bits per heavy atom. The van der Waals surface area contributed by atoms with E-state index in [4.69, 9.17) is 0 Å². The van der Waals surface area contributed by atoms with Crippen molar-refractivity contribution >= 4 is 16.5 Å². The lowest BCUT2D eigenvalue weighted by atomic mass is 10.2. The molecule has 0 atom stereocenters. The molecule has 2 heterocycles. The van der Waals surface area contributed by atoms with Gasteiger partial charge >= 0.3 is 0 Å². The van der Waals surface area contributed by atoms with Crippen molar-refractivity contribution in [3.05, 3.63) is 41.2 Å². The molecule has 2 aromatic heterocycles. The van der Waals surface area contributed by atoms with E-state index in [1.54, 1.807) is 11.3 Å². The maximum Gasteiger partial charge on any atom is 0.185 e. The van der Waals surface area contributed by atoms with Crippen LogP contribution in [0.3, 0.4) is 0 Å². The average molecular weight is 290 g/mol. The molecule has 5 heteroatoms. The average Bonchev–Trinajstić information content (AvgIpc) is 2.95. The topological polar surface area (TPSA) is 41.1 Å². The van der Waals surface area contributed by atoms with Crippen LogP contribution >= 0.6 is 11.3 Å². The molecule has 1 N–H and O–H groups in total. The summed E-state index contributed by atoms with van der Waals surface area (Å²) >= 11 is 1.77. The first-order valence-electron chi connectivity index (χ1n) is 7.05. The molecule has 0 radical (unpaired) electrons. The molecule has 4 nitrogen and oxygen atoms in total. The molecule has 0 aliphatic heterocycles. The van der Waals surface area contributed by atoms with Crippen molar-refractivity contribution in [1.82, 2.24) is 15.3 Å². The zero-order chi connectivity index (χ0) is 14.2. The highest BCUT2D eigenvalue weighted by Crippen LogP contribution is 2.21. The van der Waals surface area contributed by atoms with Crippen LogP contribution in [-0.2, 0) is 13.0 Å². The highest BCUT2D eigenvalue weighted by Gasteiger charge is 2.07. The Balaban J connectivity index is 1.81. The number of hydrogen-bond acceptors (Lipinski definition) is 5. The fourth-order valence-electron chi connectivity index (χ4n) is 1.89. The molecule has 0 aliphatic rings. The van der Waals surface area contributed by atoms with Gasteiger partial charge in [-0.1, -0.05) is 6.92 Å². The molecule has 0 saturated carbocycles. The standard InChI is InChI=1S/C15H22N4S/c1-3-7-17-11-14-12-18-15(20-14)19(2)10-6-13-4-8-16-9-5-13/h4-5,8-9,12,17H,3,6-7,10-11H2,1-2H3. The molecular weight excluding hydrogens is 268 g/mol. The van der Waals surface area contributed by atoms with E-state index in [9.17, 15) is 0 Å². The van der Waals surface area contributed by atoms with Gasteiger partial charge in [0.25, 0.3) is 0 Å². The molecule has 2 rings (SSSR count). The number of thiazole rings is 1. The van der Waals surface area contributed by atoms with Crippen molar-refractivity contribution in [3.63, 3.8) is 0 Å². The number of aromatic nitrogens is 2. The van der Waals surface area contributed by atoms with E-state index in [2.05, 4.69) is 46.3 Å². The van der Waals surface area contributed by atoms with Gasteiger partial charge < -0.3 is 10.2 Å². The Morgan fingerprint density at radius 3 is 2.85 bits per heavy atom. The fourth-order valence-corrected chi connectivity index (χ4v) is 2.75. The first kappa shape index (κ1) is 14.9. The number of anilines is 1. The van der Waals surface area contributed by atoms with Crippen LogP contribution in [0.25, 0.3) is 0 Å². The number of nitrogens with one attached hydrogen (secondary N) is 1. The number of nitrogens with zero attached hydrogens (tertiary/aromatic N) is 3. The molecule has 20 heavy (non-hydrogen) atoms. The molecule has 0 amide bonds. The zero-order valence-electron chi connectivity index (χ0n) is 12.2. The SMILES string of the molecule is CCCNCc1cnc(N(C)CCc2ccncc2)s1. The molecule has 0 aliphatic carbocycles. The summed E-state index contributed by atoms with van der Waals surface area (Å²) in [6.45, 7) is 5.13. The van der Waals surface area contributed by atoms with Crippen LogP contribution in [0.1, 0.15) is 23.8 Å². The third-order valence-corrected chi connectivity index (χ3v) is 4.19. The summed E-state index contributed by atoms with van der Waals surface area (Å²) in [5, 5.41) is 4.50. The van der Waals surface area contributed by atoms with Crippen LogP contribution in [0, 0.1) is 0 Å². The third kappa shape index (κ3) is 4.58. The molecule has 0 fully saturated rings. The van der Waals surface area contributed by atoms with Crippen LogP contribution < -0.4 is 10.2 Å². The van der Waals surface area contributed by atoms with Crippen molar-refractivity contribution in [2.24, 2.45) is 0 Å². The van der Waals surface area contributed by atoms with Crippen LogP contribution in [0.4, 0.5) is 5.13 Å². The van der Waals surface area contributed by atoms with Gasteiger partial charge in [-0.3, -0.25) is 4.98 Å². The molecular formula is C15H22N4S. The van der Waals surface area contributed by atoms with E-state index in [1.807, 2.05) is 18.6 Å². The van der Waals surface area contributed by atoms with E-state index >= 15 is 0 Å². The van der Waals surface area contributed by atoms with Crippen LogP contribution in [0.5, 0.6) is 0 Å². The normalized spacial score (nSPS) is 10.7. The minimum atomic E-state index is 0.920. The predicted molar refractivity (Wildman–Crippen MR) is 85.3 cm³/mol. The van der Waals surface area contributed by atoms with Gasteiger partial charge in [-0.2, -0.15) is 0 Å². The summed E-state index contributed by atoms with van der Waals surface area (Å²) in [7, 11) is 2.10. The summed E-state index contributed by atoms with van der Waals surface area (Å²) in [5.74, 6) is 0. The molecule has 0 spiro atoms. The molecule has 2 aromatic rings. The van der Waals surface area contributed by atoms with Crippen molar-refractivity contribution in [3.8, 4) is 0 Å². The van der Waals surface area contributed by atoms with E-state index in [-0.39, 0.29) is 0 Å². The Labute approximate surface area is 124 Å². The largest absolute Gasteiger partial charge is 0.351 e. The highest BCUT2D eigenvalue weighted by atomic mass is 32.1. The van der Waals surface area contributed by atoms with Crippen molar-refractivity contribution < 1.29 is 0 Å². The van der Waals surface area contributed by atoms with Crippen molar-refractivity contribution in [2.45, 2.75) is 26.3 Å². The van der Waals surface area contributed by atoms with Gasteiger partial charge in [0, 0.05) is 43.6 Å². The molecule has 0 saturated heterocycles. The maximum atomic E-state index is 4.50. The van der Waals surface area contributed by atoms with Gasteiger partial charge in [0.05, 0.1) is 0 Å². The van der Waals surface area contributed by atoms with Crippen LogP contribution in [0.2, 0.25) is 0 Å². The Hall–Kier alpha value is -1.46. The summed E-state index contributed by atoms with van der Waals surface area (Å²) in [6.07, 6.45) is 7.84. The van der Waals surface area contributed by atoms with Gasteiger partial charge in [0.15, 0.2) is 5.13 Å². The Bertz CT molecular complexity index is 498. The molecule has 0 unspecified atom stereocenters. The van der Waals surface area contributed by atoms with E-state index < -0.39 is 0 Å². The maximum absolute atomic E-state index is 4.50. The Morgan fingerprint density at radius 1 is 1.30 bits per heavy atom. The first-order chi connectivity index (χ1) is 9.79. The first-order valence-corrected chi connectivity index (χ1v) is 7.86. The quantitative estimate of drug-likeness (QED) is 0.759. The lowest BCUT2D eigenvalue weighted by Gasteiger charge is -2.15. The Kier molecular flexibility index (Phi) is 5.95. The number of rotatable bonds is 8. The summed E-state index contributed by atoms with van der Waals surface area (Å²) in [5.41, 5.74) is 1.31. The minimum absolute atomic E-state index is 0.920. The van der Waals surface area contributed by atoms with Crippen molar-refractivity contribution in [2.75, 3.05) is 25.0 Å². The number of pyridine rings is 1. The van der Waals surface area contributed by atoms with Gasteiger partial charge in [-0.25, -0.2) is 4.98 Å². The predicted octanol–water partition coefficient (Wildman–Crippen LogP) is 2.72. The number of likely N-dealkylation sites (N-methyl/N-ethyl adjacent to an activating group) is 1. The minimum Gasteiger partial charge on any atom is -0.351 e. The summed E-state index contributed by atoms with van der Waals surface area (Å²) in [6, 6.07) is 4.13. The molecule has 0 bridgehead atoms. The smallest absolute Gasteiger partial charge is 0.185 e. The van der Waals surface area contributed by atoms with Crippen LogP contribution in [-0.4, -0.2) is 30.1 Å². The second-order valence-electron chi connectivity index (χ2n) is 4.81. The van der Waals surface area contributed by atoms with Gasteiger partial charge in [0.2, 0.25) is 0 Å². The molecule has 108 valence electrons. The second-order valence-corrected chi connectivity index (χ2v) is 5.91. The zero-order valence-corrected chi connectivity index (χ0v) is 13.0. The van der Waals surface area contributed by atoms with E-state index in [1.165, 1.54) is 10.4 Å². The number of hydrogen-bond donors (Lipinski definition) is 1. The van der Waals surface area contributed by atoms with Gasteiger partial charge in [-0.15, -0.1) is 11.3 Å². The summed E-state index contributed by atoms with van der Waals surface area (Å²) < 4.78 is 0. The van der Waals surface area contributed by atoms with E-state index in [0.29, 0.717) is 0 Å². The third-order valence-electron chi connectivity index (χ3n) is 3.08. The van der Waals surface area contributed by atoms with Gasteiger partial charge in [0.1, 0.15) is 0 Å². The van der Waals surface area contributed by atoms with Crippen molar-refractivity contribution in [1.29, 1.82) is 0 Å². The van der Waals surface area contributed by atoms with Gasteiger partial charge in [-0.05, 0) is 37.1 Å². The second kappa shape index (κ2) is 7.97. The summed E-state index contributed by atoms with van der Waals surface area (Å²) in [4.78, 5) is 12.1. The molecule has 0 aromatic carbocycles. The lowest BCUT2D eigenvalue weighted by Crippen LogP contribution is -2.19.